The van der Waals surface area contributed by atoms with Gasteiger partial charge in [0.25, 0.3) is 0 Å². The summed E-state index contributed by atoms with van der Waals surface area (Å²) in [4.78, 5) is 12.9. The summed E-state index contributed by atoms with van der Waals surface area (Å²) in [5.41, 5.74) is -0.243. The van der Waals surface area contributed by atoms with E-state index in [9.17, 15) is 18.0 Å². The average molecular weight is 349 g/mol. The van der Waals surface area contributed by atoms with Gasteiger partial charge in [-0.25, -0.2) is 0 Å². The maximum Gasteiger partial charge on any atom is 0.419 e. The highest BCUT2D eigenvalue weighted by atomic mass is 32.2. The Kier molecular flexibility index (Phi) is 4.17. The normalized spacial score (nSPS) is 11.9. The van der Waals surface area contributed by atoms with Crippen LogP contribution in [-0.4, -0.2) is 16.7 Å². The van der Waals surface area contributed by atoms with Crippen LogP contribution in [0.15, 0.2) is 53.4 Å². The Morgan fingerprint density at radius 1 is 1.08 bits per heavy atom. The first kappa shape index (κ1) is 16.6. The van der Waals surface area contributed by atoms with E-state index in [1.165, 1.54) is 24.8 Å². The van der Waals surface area contributed by atoms with Gasteiger partial charge in [-0.15, -0.1) is 11.8 Å². The van der Waals surface area contributed by atoms with Crippen molar-refractivity contribution in [2.24, 2.45) is 0 Å². The lowest BCUT2D eigenvalue weighted by Crippen LogP contribution is -2.11. The highest BCUT2D eigenvalue weighted by molar-refractivity contribution is 7.98. The molecule has 0 fully saturated rings. The molecule has 24 heavy (non-hydrogen) atoms. The molecule has 3 aromatic rings. The molecule has 0 aliphatic rings. The summed E-state index contributed by atoms with van der Waals surface area (Å²) in [5, 5.41) is 0.0448. The summed E-state index contributed by atoms with van der Waals surface area (Å²) in [6.07, 6.45) is -2.77. The summed E-state index contributed by atoms with van der Waals surface area (Å²) in [5.74, 6) is -0.453. The number of hydrogen-bond donors (Lipinski definition) is 0. The molecule has 0 amide bonds. The highest BCUT2D eigenvalue weighted by Crippen LogP contribution is 2.44. The predicted molar refractivity (Wildman–Crippen MR) is 90.5 cm³/mol. The van der Waals surface area contributed by atoms with Gasteiger partial charge in [-0.2, -0.15) is 13.2 Å². The van der Waals surface area contributed by atoms with Crippen LogP contribution >= 0.6 is 11.8 Å². The number of carbonyl (C=O) groups excluding carboxylic acids is 1. The van der Waals surface area contributed by atoms with E-state index in [0.29, 0.717) is 10.5 Å². The smallest absolute Gasteiger partial charge is 0.279 e. The first-order chi connectivity index (χ1) is 11.3. The minimum Gasteiger partial charge on any atom is -0.279 e. The Labute approximate surface area is 141 Å². The number of aromatic nitrogens is 1. The van der Waals surface area contributed by atoms with Gasteiger partial charge in [0.15, 0.2) is 0 Å². The molecule has 0 atom stereocenters. The van der Waals surface area contributed by atoms with Crippen LogP contribution in [0, 0.1) is 0 Å². The monoisotopic (exact) mass is 349 g/mol. The molecule has 0 bridgehead atoms. The minimum absolute atomic E-state index is 0.0448. The molecule has 0 aliphatic heterocycles. The molecule has 0 saturated heterocycles. The number of rotatable bonds is 2. The summed E-state index contributed by atoms with van der Waals surface area (Å²) >= 11 is 1.36. The third-order valence-electron chi connectivity index (χ3n) is 3.82. The zero-order valence-electron chi connectivity index (χ0n) is 13.0. The molecule has 2 aromatic carbocycles. The Morgan fingerprint density at radius 2 is 1.75 bits per heavy atom. The van der Waals surface area contributed by atoms with Crippen LogP contribution in [0.5, 0.6) is 0 Å². The number of halogens is 3. The van der Waals surface area contributed by atoms with E-state index in [-0.39, 0.29) is 16.6 Å². The van der Waals surface area contributed by atoms with Crippen LogP contribution in [0.2, 0.25) is 0 Å². The third kappa shape index (κ3) is 2.71. The van der Waals surface area contributed by atoms with Gasteiger partial charge < -0.3 is 0 Å². The van der Waals surface area contributed by atoms with Gasteiger partial charge in [-0.1, -0.05) is 30.3 Å². The van der Waals surface area contributed by atoms with Crippen LogP contribution in [0.4, 0.5) is 13.2 Å². The van der Waals surface area contributed by atoms with Crippen molar-refractivity contribution in [3.8, 4) is 11.3 Å². The van der Waals surface area contributed by atoms with Crippen LogP contribution in [0.25, 0.3) is 22.2 Å². The van der Waals surface area contributed by atoms with E-state index in [1.54, 1.807) is 48.7 Å². The van der Waals surface area contributed by atoms with Crippen LogP contribution in [-0.2, 0) is 6.18 Å². The van der Waals surface area contributed by atoms with E-state index >= 15 is 0 Å². The van der Waals surface area contributed by atoms with Gasteiger partial charge in [-0.05, 0) is 30.0 Å². The molecular weight excluding hydrogens is 335 g/mol. The summed E-state index contributed by atoms with van der Waals surface area (Å²) in [6.45, 7) is 1.27. The number of benzene rings is 2. The lowest BCUT2D eigenvalue weighted by molar-refractivity contribution is -0.135. The van der Waals surface area contributed by atoms with Crippen molar-refractivity contribution in [1.82, 2.24) is 4.57 Å². The minimum atomic E-state index is -4.57. The van der Waals surface area contributed by atoms with Crippen molar-refractivity contribution >= 4 is 28.6 Å². The predicted octanol–water partition coefficient (Wildman–Crippen LogP) is 5.71. The fourth-order valence-electron chi connectivity index (χ4n) is 2.88. The summed E-state index contributed by atoms with van der Waals surface area (Å²) in [6, 6.07) is 13.0. The third-order valence-corrected chi connectivity index (χ3v) is 4.55. The molecule has 0 aliphatic carbocycles. The number of fused-ring (bicyclic) bond motifs is 1. The van der Waals surface area contributed by atoms with Crippen molar-refractivity contribution in [2.45, 2.75) is 18.0 Å². The van der Waals surface area contributed by atoms with Gasteiger partial charge in [-0.3, -0.25) is 9.36 Å². The second-order valence-corrected chi connectivity index (χ2v) is 6.20. The van der Waals surface area contributed by atoms with E-state index < -0.39 is 17.6 Å². The number of hydrogen-bond acceptors (Lipinski definition) is 2. The van der Waals surface area contributed by atoms with Gasteiger partial charge in [0, 0.05) is 17.2 Å². The Hall–Kier alpha value is -2.21. The molecule has 0 saturated carbocycles. The van der Waals surface area contributed by atoms with Crippen LogP contribution < -0.4 is 0 Å². The van der Waals surface area contributed by atoms with E-state index in [2.05, 4.69) is 0 Å². The average Bonchev–Trinajstić information content (AvgIpc) is 2.90. The van der Waals surface area contributed by atoms with E-state index in [0.717, 1.165) is 4.57 Å². The van der Waals surface area contributed by atoms with Crippen LogP contribution in [0.1, 0.15) is 17.3 Å². The molecular formula is C18H14F3NOS. The number of carbonyl (C=O) groups is 1. The zero-order valence-corrected chi connectivity index (χ0v) is 13.8. The molecule has 0 radical (unpaired) electrons. The van der Waals surface area contributed by atoms with Crippen LogP contribution in [0.3, 0.4) is 0 Å². The van der Waals surface area contributed by atoms with Crippen molar-refractivity contribution in [3.63, 3.8) is 0 Å². The Balaban J connectivity index is 2.52. The maximum absolute atomic E-state index is 13.8. The standard InChI is InChI=1S/C18H14F3NOS/c1-11(23)22-15-9-8-13(24-2)10-14(15)16(18(19,20)21)17(22)12-6-4-3-5-7-12/h3-10H,1-2H3. The summed E-state index contributed by atoms with van der Waals surface area (Å²) in [7, 11) is 0. The Bertz CT molecular complexity index is 913. The SMILES string of the molecule is CSc1ccc2c(c1)c(C(F)(F)F)c(-c1ccccc1)n2C(C)=O. The molecule has 0 spiro atoms. The van der Waals surface area contributed by atoms with Gasteiger partial charge >= 0.3 is 6.18 Å². The first-order valence-corrected chi connectivity index (χ1v) is 8.43. The number of nitrogens with zero attached hydrogens (tertiary/aromatic N) is 1. The lowest BCUT2D eigenvalue weighted by atomic mass is 10.0. The molecule has 6 heteroatoms. The fourth-order valence-corrected chi connectivity index (χ4v) is 3.32. The fraction of sp³-hybridized carbons (Fsp3) is 0.167. The Morgan fingerprint density at radius 3 is 2.29 bits per heavy atom. The number of thioether (sulfide) groups is 1. The van der Waals surface area contributed by atoms with E-state index in [1.807, 2.05) is 0 Å². The number of alkyl halides is 3. The second-order valence-electron chi connectivity index (χ2n) is 5.32. The van der Waals surface area contributed by atoms with Crippen molar-refractivity contribution in [2.75, 3.05) is 6.26 Å². The maximum atomic E-state index is 13.8. The van der Waals surface area contributed by atoms with Crippen molar-refractivity contribution < 1.29 is 18.0 Å². The van der Waals surface area contributed by atoms with Gasteiger partial charge in [0.05, 0.1) is 16.8 Å². The second kappa shape index (κ2) is 6.02. The largest absolute Gasteiger partial charge is 0.419 e. The van der Waals surface area contributed by atoms with Crippen molar-refractivity contribution in [3.05, 3.63) is 54.1 Å². The lowest BCUT2D eigenvalue weighted by Gasteiger charge is -2.11. The topological polar surface area (TPSA) is 22.0 Å². The molecule has 1 aromatic heterocycles. The zero-order chi connectivity index (χ0) is 17.5. The molecule has 1 heterocycles. The van der Waals surface area contributed by atoms with Gasteiger partial charge in [0.1, 0.15) is 0 Å². The first-order valence-electron chi connectivity index (χ1n) is 7.20. The molecule has 124 valence electrons. The summed E-state index contributed by atoms with van der Waals surface area (Å²) < 4.78 is 42.7. The molecule has 0 N–H and O–H groups in total. The quantitative estimate of drug-likeness (QED) is 0.553. The molecule has 3 rings (SSSR count). The van der Waals surface area contributed by atoms with Crippen molar-refractivity contribution in [1.29, 1.82) is 0 Å². The van der Waals surface area contributed by atoms with E-state index in [4.69, 9.17) is 0 Å². The van der Waals surface area contributed by atoms with Gasteiger partial charge in [0.2, 0.25) is 5.91 Å². The molecule has 0 unspecified atom stereocenters. The highest BCUT2D eigenvalue weighted by Gasteiger charge is 2.39. The molecule has 2 nitrogen and oxygen atoms in total.